The fourth-order valence-corrected chi connectivity index (χ4v) is 5.80. The topological polar surface area (TPSA) is 129 Å². The van der Waals surface area contributed by atoms with Gasteiger partial charge in [0, 0.05) is 35.0 Å². The summed E-state index contributed by atoms with van der Waals surface area (Å²) in [5.41, 5.74) is 5.22. The number of nitrogens with zero attached hydrogens (tertiary/aromatic N) is 2. The maximum atomic E-state index is 13.0. The van der Waals surface area contributed by atoms with E-state index in [4.69, 9.17) is 21.3 Å². The minimum Gasteiger partial charge on any atom is -0.481 e. The smallest absolute Gasteiger partial charge is 0.277 e. The van der Waals surface area contributed by atoms with Gasteiger partial charge in [-0.25, -0.2) is 10.1 Å². The molecule has 4 aromatic rings. The molecule has 5 rings (SSSR count). The van der Waals surface area contributed by atoms with Crippen molar-refractivity contribution in [2.75, 3.05) is 12.4 Å². The van der Waals surface area contributed by atoms with Crippen molar-refractivity contribution in [2.24, 2.45) is 0 Å². The van der Waals surface area contributed by atoms with E-state index in [9.17, 15) is 14.7 Å². The molecule has 9 nitrogen and oxygen atoms in total. The summed E-state index contributed by atoms with van der Waals surface area (Å²) in [5.74, 6) is -0.0193. The minimum absolute atomic E-state index is 0.0171. The van der Waals surface area contributed by atoms with E-state index in [1.807, 2.05) is 49.4 Å². The molecule has 10 heteroatoms. The van der Waals surface area contributed by atoms with E-state index in [-0.39, 0.29) is 17.7 Å². The van der Waals surface area contributed by atoms with E-state index in [1.165, 1.54) is 6.20 Å². The summed E-state index contributed by atoms with van der Waals surface area (Å²) in [4.78, 5) is 30.0. The van der Waals surface area contributed by atoms with Gasteiger partial charge in [-0.1, -0.05) is 60.8 Å². The summed E-state index contributed by atoms with van der Waals surface area (Å²) in [6, 6.07) is 15.2. The highest BCUT2D eigenvalue weighted by molar-refractivity contribution is 6.36. The Kier molecular flexibility index (Phi) is 9.01. The average Bonchev–Trinajstić information content (AvgIpc) is 2.98. The van der Waals surface area contributed by atoms with Gasteiger partial charge >= 0.3 is 0 Å². The maximum Gasteiger partial charge on any atom is 0.277 e. The quantitative estimate of drug-likeness (QED) is 0.216. The fraction of sp³-hybridized carbons (Fsp3) is 0.312. The lowest BCUT2D eigenvalue weighted by molar-refractivity contribution is 0.0901. The summed E-state index contributed by atoms with van der Waals surface area (Å²) in [6.07, 6.45) is 5.04. The zero-order valence-electron chi connectivity index (χ0n) is 23.8. The highest BCUT2D eigenvalue weighted by Gasteiger charge is 2.23. The minimum atomic E-state index is -0.548. The molecule has 2 heterocycles. The number of amides is 1. The van der Waals surface area contributed by atoms with E-state index in [0.717, 1.165) is 53.5 Å². The van der Waals surface area contributed by atoms with Crippen LogP contribution in [0.15, 0.2) is 59.5 Å². The number of benzene rings is 2. The number of H-pyrrole nitrogens is 1. The van der Waals surface area contributed by atoms with Gasteiger partial charge in [-0.2, -0.15) is 5.10 Å². The Labute approximate surface area is 249 Å². The Morgan fingerprint density at radius 3 is 2.57 bits per heavy atom. The summed E-state index contributed by atoms with van der Waals surface area (Å²) in [6.45, 7) is 4.09. The van der Waals surface area contributed by atoms with Crippen molar-refractivity contribution < 1.29 is 14.6 Å². The molecule has 2 aromatic heterocycles. The molecule has 218 valence electrons. The first-order valence-corrected chi connectivity index (χ1v) is 14.4. The molecular weight excluding hydrogens is 554 g/mol. The van der Waals surface area contributed by atoms with Gasteiger partial charge in [-0.05, 0) is 55.5 Å². The summed E-state index contributed by atoms with van der Waals surface area (Å²) in [7, 11) is 1.59. The molecule has 4 N–H and O–H groups in total. The second kappa shape index (κ2) is 12.9. The number of aliphatic hydroxyl groups is 1. The van der Waals surface area contributed by atoms with Crippen LogP contribution in [0.5, 0.6) is 5.88 Å². The number of carbonyl (C=O) groups is 1. The Balaban J connectivity index is 1.42. The Hall–Kier alpha value is -4.05. The second-order valence-electron chi connectivity index (χ2n) is 10.6. The van der Waals surface area contributed by atoms with Crippen LogP contribution in [0.25, 0.3) is 22.4 Å². The molecule has 0 saturated heterocycles. The summed E-state index contributed by atoms with van der Waals surface area (Å²) < 4.78 is 5.63. The van der Waals surface area contributed by atoms with Crippen molar-refractivity contribution in [3.63, 3.8) is 0 Å². The van der Waals surface area contributed by atoms with Crippen LogP contribution in [0.3, 0.4) is 0 Å². The maximum absolute atomic E-state index is 13.0. The van der Waals surface area contributed by atoms with Gasteiger partial charge in [0.1, 0.15) is 5.56 Å². The van der Waals surface area contributed by atoms with Crippen LogP contribution in [0.1, 0.15) is 52.7 Å². The Bertz CT molecular complexity index is 1670. The largest absolute Gasteiger partial charge is 0.481 e. The molecule has 0 radical (unpaired) electrons. The highest BCUT2D eigenvalue weighted by Crippen LogP contribution is 2.39. The zero-order valence-corrected chi connectivity index (χ0v) is 24.6. The number of methoxy groups -OCH3 is 1. The molecule has 0 aliphatic heterocycles. The van der Waals surface area contributed by atoms with Crippen LogP contribution in [-0.4, -0.2) is 45.5 Å². The van der Waals surface area contributed by atoms with Gasteiger partial charge in [-0.15, -0.1) is 0 Å². The second-order valence-corrected chi connectivity index (χ2v) is 10.9. The molecule has 1 aliphatic carbocycles. The van der Waals surface area contributed by atoms with Crippen LogP contribution in [-0.2, 0) is 6.54 Å². The van der Waals surface area contributed by atoms with E-state index in [0.29, 0.717) is 34.4 Å². The number of aromatic nitrogens is 3. The Morgan fingerprint density at radius 1 is 1.07 bits per heavy atom. The molecule has 2 aromatic carbocycles. The standard InChI is InChI=1S/C32H34ClN5O4/c1-18-16-35-38-31(41)28(18)30(40)36-24-12-7-8-21(19(24)2)22-9-6-10-23(29(22)33)25-15-14-20(32(37-25)42-3)17-34-26-11-4-5-13-27(26)39/h6-10,12,14-16,26-27,34,39H,4-5,11,13,17H2,1-3H3,(H,36,40)(H,38,41). The fourth-order valence-electron chi connectivity index (χ4n) is 5.48. The molecule has 0 spiro atoms. The number of carbonyl (C=O) groups excluding carboxylic acids is 1. The van der Waals surface area contributed by atoms with Crippen molar-refractivity contribution in [3.8, 4) is 28.3 Å². The van der Waals surface area contributed by atoms with Crippen LogP contribution in [0.4, 0.5) is 5.69 Å². The third-order valence-electron chi connectivity index (χ3n) is 7.84. The lowest BCUT2D eigenvalue weighted by atomic mass is 9.92. The number of ether oxygens (including phenoxy) is 1. The van der Waals surface area contributed by atoms with Gasteiger partial charge < -0.3 is 20.5 Å². The molecule has 42 heavy (non-hydrogen) atoms. The number of aromatic amines is 1. The van der Waals surface area contributed by atoms with Crippen LogP contribution in [0, 0.1) is 13.8 Å². The van der Waals surface area contributed by atoms with Gasteiger partial charge in [-0.3, -0.25) is 9.59 Å². The van der Waals surface area contributed by atoms with E-state index in [2.05, 4.69) is 20.8 Å². The number of aryl methyl sites for hydroxylation is 1. The predicted molar refractivity (Wildman–Crippen MR) is 164 cm³/mol. The van der Waals surface area contributed by atoms with Crippen molar-refractivity contribution in [2.45, 2.75) is 58.2 Å². The first-order chi connectivity index (χ1) is 20.3. The molecule has 2 unspecified atom stereocenters. The van der Waals surface area contributed by atoms with Crippen molar-refractivity contribution in [3.05, 3.63) is 92.4 Å². The number of halogens is 1. The van der Waals surface area contributed by atoms with Gasteiger partial charge in [0.05, 0.1) is 30.1 Å². The first kappa shape index (κ1) is 29.4. The molecule has 1 saturated carbocycles. The summed E-state index contributed by atoms with van der Waals surface area (Å²) >= 11 is 7.00. The molecular formula is C32H34ClN5O4. The summed E-state index contributed by atoms with van der Waals surface area (Å²) in [5, 5.41) is 23.2. The first-order valence-electron chi connectivity index (χ1n) is 14.0. The molecule has 1 aliphatic rings. The van der Waals surface area contributed by atoms with Crippen LogP contribution in [0.2, 0.25) is 5.02 Å². The zero-order chi connectivity index (χ0) is 29.8. The monoisotopic (exact) mass is 587 g/mol. The van der Waals surface area contributed by atoms with Crippen molar-refractivity contribution >= 4 is 23.2 Å². The van der Waals surface area contributed by atoms with Crippen LogP contribution < -0.4 is 20.9 Å². The average molecular weight is 588 g/mol. The lowest BCUT2D eigenvalue weighted by Crippen LogP contribution is -2.41. The normalized spacial score (nSPS) is 16.7. The molecule has 1 fully saturated rings. The third kappa shape index (κ3) is 6.09. The van der Waals surface area contributed by atoms with E-state index < -0.39 is 11.5 Å². The number of hydrogen-bond acceptors (Lipinski definition) is 7. The Morgan fingerprint density at radius 2 is 1.81 bits per heavy atom. The van der Waals surface area contributed by atoms with Crippen molar-refractivity contribution in [1.29, 1.82) is 0 Å². The van der Waals surface area contributed by atoms with Crippen molar-refractivity contribution in [1.82, 2.24) is 20.5 Å². The molecule has 0 bridgehead atoms. The predicted octanol–water partition coefficient (Wildman–Crippen LogP) is 5.42. The number of aliphatic hydroxyl groups excluding tert-OH is 1. The third-order valence-corrected chi connectivity index (χ3v) is 8.24. The van der Waals surface area contributed by atoms with E-state index in [1.54, 1.807) is 20.1 Å². The number of nitrogens with one attached hydrogen (secondary N) is 3. The number of hydrogen-bond donors (Lipinski definition) is 4. The number of anilines is 1. The number of rotatable bonds is 8. The molecule has 1 amide bonds. The van der Waals surface area contributed by atoms with E-state index >= 15 is 0 Å². The molecule has 2 atom stereocenters. The van der Waals surface area contributed by atoms with Gasteiger partial charge in [0.25, 0.3) is 11.5 Å². The van der Waals surface area contributed by atoms with Gasteiger partial charge in [0.2, 0.25) is 5.88 Å². The van der Waals surface area contributed by atoms with Crippen LogP contribution >= 0.6 is 11.6 Å². The van der Waals surface area contributed by atoms with Gasteiger partial charge in [0.15, 0.2) is 0 Å². The number of pyridine rings is 1. The SMILES string of the molecule is COc1nc(-c2cccc(-c3cccc(NC(=O)c4c(C)cn[nH]c4=O)c3C)c2Cl)ccc1CNC1CCCCC1O. The highest BCUT2D eigenvalue weighted by atomic mass is 35.5. The lowest BCUT2D eigenvalue weighted by Gasteiger charge is -2.28.